The summed E-state index contributed by atoms with van der Waals surface area (Å²) < 4.78 is 9.77. The molecule has 0 fully saturated rings. The molecule has 0 saturated carbocycles. The van der Waals surface area contributed by atoms with Gasteiger partial charge in [0.15, 0.2) is 6.23 Å². The smallest absolute Gasteiger partial charge is 0.269 e. The zero-order chi connectivity index (χ0) is 21.8. The molecule has 0 N–H and O–H groups in total. The van der Waals surface area contributed by atoms with Crippen molar-refractivity contribution < 1.29 is 9.66 Å². The minimum absolute atomic E-state index is 0.0336. The Labute approximate surface area is 182 Å². The third-order valence-electron chi connectivity index (χ3n) is 5.78. The first kappa shape index (κ1) is 18.5. The zero-order valence-corrected chi connectivity index (χ0v) is 17.0. The third kappa shape index (κ3) is 2.53. The molecule has 0 radical (unpaired) electrons. The van der Waals surface area contributed by atoms with Gasteiger partial charge < -0.3 is 4.74 Å². The van der Waals surface area contributed by atoms with E-state index >= 15 is 0 Å². The lowest BCUT2D eigenvalue weighted by Crippen LogP contribution is -2.10. The van der Waals surface area contributed by atoms with Gasteiger partial charge in [0.05, 0.1) is 32.9 Å². The molecule has 1 unspecified atom stereocenters. The number of fused-ring (bicyclic) bond motifs is 5. The van der Waals surface area contributed by atoms with Gasteiger partial charge in [-0.1, -0.05) is 42.5 Å². The Balaban J connectivity index is 1.66. The molecule has 0 aliphatic carbocycles. The number of nitro benzene ring substituents is 1. The van der Waals surface area contributed by atoms with Gasteiger partial charge in [0, 0.05) is 24.8 Å². The monoisotopic (exact) mass is 423 g/mol. The summed E-state index contributed by atoms with van der Waals surface area (Å²) in [6, 6.07) is 24.3. The number of methoxy groups -OCH3 is 1. The molecule has 0 bridgehead atoms. The summed E-state index contributed by atoms with van der Waals surface area (Å²) in [6.45, 7) is 0. The van der Waals surface area contributed by atoms with E-state index in [4.69, 9.17) is 14.8 Å². The number of nitrogens with zero attached hydrogens (tertiary/aromatic N) is 5. The number of hydrogen-bond acceptors (Lipinski definition) is 5. The summed E-state index contributed by atoms with van der Waals surface area (Å²) >= 11 is 0. The minimum Gasteiger partial charge on any atom is -0.355 e. The lowest BCUT2D eigenvalue weighted by molar-refractivity contribution is -0.384. The summed E-state index contributed by atoms with van der Waals surface area (Å²) in [6.07, 6.45) is -0.422. The highest BCUT2D eigenvalue weighted by molar-refractivity contribution is 5.90. The largest absolute Gasteiger partial charge is 0.355 e. The van der Waals surface area contributed by atoms with E-state index in [0.29, 0.717) is 0 Å². The first-order valence-corrected chi connectivity index (χ1v) is 10.1. The van der Waals surface area contributed by atoms with Gasteiger partial charge in [-0.05, 0) is 24.3 Å². The van der Waals surface area contributed by atoms with Crippen LogP contribution in [0.2, 0.25) is 0 Å². The second-order valence-electron chi connectivity index (χ2n) is 7.54. The SMILES string of the molecule is COC1c2nn(-c3ccc([N+](=O)[O-])cc3)c(-c3ccccc3)c2-c2nc3ccccc3n21. The molecule has 0 spiro atoms. The van der Waals surface area contributed by atoms with Crippen molar-refractivity contribution >= 4 is 16.7 Å². The van der Waals surface area contributed by atoms with Crippen molar-refractivity contribution in [2.45, 2.75) is 6.23 Å². The van der Waals surface area contributed by atoms with Crippen LogP contribution in [0.4, 0.5) is 5.69 Å². The maximum absolute atomic E-state index is 11.1. The van der Waals surface area contributed by atoms with E-state index in [0.717, 1.165) is 45.1 Å². The van der Waals surface area contributed by atoms with Crippen LogP contribution in [-0.4, -0.2) is 31.4 Å². The quantitative estimate of drug-likeness (QED) is 0.301. The molecule has 1 aliphatic rings. The molecular formula is C24H17N5O3. The summed E-state index contributed by atoms with van der Waals surface area (Å²) in [7, 11) is 1.66. The summed E-state index contributed by atoms with van der Waals surface area (Å²) in [5.41, 5.74) is 6.12. The maximum atomic E-state index is 11.1. The average molecular weight is 423 g/mol. The van der Waals surface area contributed by atoms with Crippen molar-refractivity contribution in [1.29, 1.82) is 0 Å². The summed E-state index contributed by atoms with van der Waals surface area (Å²) in [5.74, 6) is 0.792. The van der Waals surface area contributed by atoms with E-state index in [1.807, 2.05) is 59.3 Å². The van der Waals surface area contributed by atoms with Crippen LogP contribution in [-0.2, 0) is 4.74 Å². The molecule has 1 aliphatic heterocycles. The molecule has 1 atom stereocenters. The molecule has 8 heteroatoms. The number of rotatable bonds is 4. The molecule has 156 valence electrons. The number of para-hydroxylation sites is 2. The molecule has 3 aromatic carbocycles. The van der Waals surface area contributed by atoms with Gasteiger partial charge in [-0.2, -0.15) is 5.10 Å². The Morgan fingerprint density at radius 3 is 2.41 bits per heavy atom. The fourth-order valence-electron chi connectivity index (χ4n) is 4.39. The van der Waals surface area contributed by atoms with Crippen molar-refractivity contribution in [3.8, 4) is 28.3 Å². The standard InChI is InChI=1S/C24H17N5O3/c1-32-24-21-20(23-25-18-9-5-6-10-19(18)27(23)24)22(15-7-3-2-4-8-15)28(26-21)16-11-13-17(14-12-16)29(30)31/h2-14,24H,1H3. The van der Waals surface area contributed by atoms with Crippen molar-refractivity contribution in [2.75, 3.05) is 7.11 Å². The number of ether oxygens (including phenoxy) is 1. The summed E-state index contributed by atoms with van der Waals surface area (Å²) in [5, 5.41) is 16.0. The lowest BCUT2D eigenvalue weighted by atomic mass is 10.1. The van der Waals surface area contributed by atoms with Crippen molar-refractivity contribution in [3.05, 3.63) is 94.7 Å². The van der Waals surface area contributed by atoms with Crippen LogP contribution in [0.5, 0.6) is 0 Å². The molecule has 3 heterocycles. The first-order valence-electron chi connectivity index (χ1n) is 10.1. The molecule has 2 aromatic heterocycles. The van der Waals surface area contributed by atoms with Crippen LogP contribution in [0.3, 0.4) is 0 Å². The van der Waals surface area contributed by atoms with Gasteiger partial charge >= 0.3 is 0 Å². The lowest BCUT2D eigenvalue weighted by Gasteiger charge is -2.14. The number of hydrogen-bond donors (Lipinski definition) is 0. The maximum Gasteiger partial charge on any atom is 0.269 e. The van der Waals surface area contributed by atoms with Gasteiger partial charge in [0.25, 0.3) is 5.69 Å². The minimum atomic E-state index is -0.422. The van der Waals surface area contributed by atoms with Gasteiger partial charge in [0.2, 0.25) is 0 Å². The van der Waals surface area contributed by atoms with E-state index in [1.54, 1.807) is 19.2 Å². The second kappa shape index (κ2) is 6.86. The fraction of sp³-hybridized carbons (Fsp3) is 0.0833. The predicted molar refractivity (Wildman–Crippen MR) is 120 cm³/mol. The average Bonchev–Trinajstić information content (AvgIpc) is 3.47. The molecule has 8 nitrogen and oxygen atoms in total. The number of imidazole rings is 1. The number of aromatic nitrogens is 4. The van der Waals surface area contributed by atoms with Crippen molar-refractivity contribution in [2.24, 2.45) is 0 Å². The molecule has 6 rings (SSSR count). The third-order valence-corrected chi connectivity index (χ3v) is 5.78. The van der Waals surface area contributed by atoms with Gasteiger partial charge in [-0.3, -0.25) is 14.7 Å². The predicted octanol–water partition coefficient (Wildman–Crippen LogP) is 4.97. The number of nitro groups is 1. The molecule has 5 aromatic rings. The molecule has 32 heavy (non-hydrogen) atoms. The van der Waals surface area contributed by atoms with Crippen LogP contribution in [0, 0.1) is 10.1 Å². The van der Waals surface area contributed by atoms with Crippen LogP contribution in [0.15, 0.2) is 78.9 Å². The Morgan fingerprint density at radius 1 is 0.969 bits per heavy atom. The number of benzene rings is 3. The highest BCUT2D eigenvalue weighted by atomic mass is 16.6. The Bertz CT molecular complexity index is 1490. The van der Waals surface area contributed by atoms with Crippen LogP contribution in [0.1, 0.15) is 11.9 Å². The second-order valence-corrected chi connectivity index (χ2v) is 7.54. The van der Waals surface area contributed by atoms with E-state index in [1.165, 1.54) is 12.1 Å². The topological polar surface area (TPSA) is 88.0 Å². The number of non-ortho nitro benzene ring substituents is 1. The normalized spacial score (nSPS) is 14.5. The van der Waals surface area contributed by atoms with Gasteiger partial charge in [-0.25, -0.2) is 9.67 Å². The van der Waals surface area contributed by atoms with E-state index in [-0.39, 0.29) is 5.69 Å². The van der Waals surface area contributed by atoms with E-state index in [9.17, 15) is 10.1 Å². The van der Waals surface area contributed by atoms with Crippen LogP contribution in [0.25, 0.3) is 39.4 Å². The van der Waals surface area contributed by atoms with E-state index in [2.05, 4.69) is 4.57 Å². The molecule has 0 saturated heterocycles. The highest BCUT2D eigenvalue weighted by Crippen LogP contribution is 2.47. The molecular weight excluding hydrogens is 406 g/mol. The molecule has 0 amide bonds. The van der Waals surface area contributed by atoms with E-state index < -0.39 is 11.2 Å². The van der Waals surface area contributed by atoms with Crippen molar-refractivity contribution in [1.82, 2.24) is 19.3 Å². The van der Waals surface area contributed by atoms with Crippen molar-refractivity contribution in [3.63, 3.8) is 0 Å². The van der Waals surface area contributed by atoms with Crippen LogP contribution < -0.4 is 0 Å². The van der Waals surface area contributed by atoms with Gasteiger partial charge in [0.1, 0.15) is 11.5 Å². The first-order chi connectivity index (χ1) is 15.7. The summed E-state index contributed by atoms with van der Waals surface area (Å²) in [4.78, 5) is 15.6. The zero-order valence-electron chi connectivity index (χ0n) is 17.0. The Kier molecular flexibility index (Phi) is 3.96. The fourth-order valence-corrected chi connectivity index (χ4v) is 4.39. The van der Waals surface area contributed by atoms with Crippen LogP contribution >= 0.6 is 0 Å². The van der Waals surface area contributed by atoms with Gasteiger partial charge in [-0.15, -0.1) is 0 Å². The highest BCUT2D eigenvalue weighted by Gasteiger charge is 2.38. The Morgan fingerprint density at radius 2 is 1.69 bits per heavy atom. The Hall–Kier alpha value is -4.30.